The summed E-state index contributed by atoms with van der Waals surface area (Å²) >= 11 is 5.92. The maximum absolute atomic E-state index is 12.3. The molecule has 0 bridgehead atoms. The molecule has 0 unspecified atom stereocenters. The summed E-state index contributed by atoms with van der Waals surface area (Å²) in [5, 5.41) is 9.07. The Morgan fingerprint density at radius 1 is 1.17 bits per heavy atom. The van der Waals surface area contributed by atoms with E-state index < -0.39 is 12.3 Å². The summed E-state index contributed by atoms with van der Waals surface area (Å²) in [5.41, 5.74) is 1.41. The van der Waals surface area contributed by atoms with Gasteiger partial charge in [0.15, 0.2) is 0 Å². The van der Waals surface area contributed by atoms with E-state index in [0.29, 0.717) is 21.7 Å². The van der Waals surface area contributed by atoms with Gasteiger partial charge in [-0.05, 0) is 47.0 Å². The number of rotatable bonds is 4. The fourth-order valence-electron chi connectivity index (χ4n) is 1.95. The molecule has 7 heteroatoms. The van der Waals surface area contributed by atoms with Crippen LogP contribution in [0.1, 0.15) is 5.56 Å². The lowest BCUT2D eigenvalue weighted by Gasteiger charge is -2.12. The summed E-state index contributed by atoms with van der Waals surface area (Å²) in [6.07, 6.45) is -2.52. The number of carboxylic acid groups (broad SMARTS) is 1. The Morgan fingerprint density at radius 2 is 1.91 bits per heavy atom. The SMILES string of the molecule is O=C(O)/C=C/c1ccc(Cl)cc1-c1cccc(OC(F)(F)F)c1. The topological polar surface area (TPSA) is 46.5 Å². The van der Waals surface area contributed by atoms with Crippen molar-refractivity contribution in [1.82, 2.24) is 0 Å². The van der Waals surface area contributed by atoms with E-state index in [0.717, 1.165) is 6.08 Å². The molecule has 0 spiro atoms. The van der Waals surface area contributed by atoms with E-state index in [2.05, 4.69) is 4.74 Å². The second-order valence-electron chi connectivity index (χ2n) is 4.48. The van der Waals surface area contributed by atoms with Gasteiger partial charge in [0.25, 0.3) is 0 Å². The smallest absolute Gasteiger partial charge is 0.478 e. The lowest BCUT2D eigenvalue weighted by atomic mass is 9.99. The Labute approximate surface area is 134 Å². The van der Waals surface area contributed by atoms with Crippen molar-refractivity contribution in [1.29, 1.82) is 0 Å². The summed E-state index contributed by atoms with van der Waals surface area (Å²) < 4.78 is 40.8. The van der Waals surface area contributed by atoms with Crippen molar-refractivity contribution in [2.45, 2.75) is 6.36 Å². The molecule has 0 heterocycles. The molecule has 0 saturated heterocycles. The molecule has 0 radical (unpaired) electrons. The molecule has 0 aliphatic rings. The number of benzene rings is 2. The fourth-order valence-corrected chi connectivity index (χ4v) is 2.12. The van der Waals surface area contributed by atoms with E-state index in [1.54, 1.807) is 18.2 Å². The number of hydrogen-bond donors (Lipinski definition) is 1. The number of carboxylic acids is 1. The molecular formula is C16H10ClF3O3. The van der Waals surface area contributed by atoms with Gasteiger partial charge in [0.05, 0.1) is 0 Å². The summed E-state index contributed by atoms with van der Waals surface area (Å²) in [6, 6.07) is 10.0. The van der Waals surface area contributed by atoms with Crippen molar-refractivity contribution in [3.8, 4) is 16.9 Å². The Balaban J connectivity index is 2.47. The summed E-state index contributed by atoms with van der Waals surface area (Å²) in [7, 11) is 0. The second-order valence-corrected chi connectivity index (χ2v) is 4.92. The van der Waals surface area contributed by atoms with Crippen molar-refractivity contribution in [2.24, 2.45) is 0 Å². The zero-order valence-electron chi connectivity index (χ0n) is 11.5. The second kappa shape index (κ2) is 6.75. The van der Waals surface area contributed by atoms with Gasteiger partial charge in [-0.25, -0.2) is 4.79 Å². The molecule has 0 fully saturated rings. The van der Waals surface area contributed by atoms with Crippen LogP contribution in [0.3, 0.4) is 0 Å². The summed E-state index contributed by atoms with van der Waals surface area (Å²) in [5.74, 6) is -1.51. The number of alkyl halides is 3. The first-order valence-electron chi connectivity index (χ1n) is 6.31. The van der Waals surface area contributed by atoms with Gasteiger partial charge in [0.2, 0.25) is 0 Å². The van der Waals surface area contributed by atoms with E-state index >= 15 is 0 Å². The van der Waals surface area contributed by atoms with Gasteiger partial charge in [-0.15, -0.1) is 13.2 Å². The molecule has 2 rings (SSSR count). The van der Waals surface area contributed by atoms with E-state index in [1.807, 2.05) is 0 Å². The van der Waals surface area contributed by atoms with Crippen LogP contribution in [0.15, 0.2) is 48.5 Å². The van der Waals surface area contributed by atoms with Crippen LogP contribution < -0.4 is 4.74 Å². The van der Waals surface area contributed by atoms with E-state index in [4.69, 9.17) is 16.7 Å². The molecule has 0 amide bonds. The number of halogens is 4. The third-order valence-electron chi connectivity index (χ3n) is 2.80. The van der Waals surface area contributed by atoms with Crippen LogP contribution in [-0.2, 0) is 4.79 Å². The third kappa shape index (κ3) is 5.03. The predicted octanol–water partition coefficient (Wildman–Crippen LogP) is 5.00. The highest BCUT2D eigenvalue weighted by Crippen LogP contribution is 2.32. The minimum absolute atomic E-state index is 0.370. The van der Waals surface area contributed by atoms with E-state index in [1.165, 1.54) is 30.3 Å². The van der Waals surface area contributed by atoms with Crippen molar-refractivity contribution in [3.63, 3.8) is 0 Å². The highest BCUT2D eigenvalue weighted by molar-refractivity contribution is 6.31. The zero-order chi connectivity index (χ0) is 17.0. The van der Waals surface area contributed by atoms with Crippen molar-refractivity contribution < 1.29 is 27.8 Å². The molecule has 2 aromatic carbocycles. The minimum Gasteiger partial charge on any atom is -0.478 e. The first-order valence-corrected chi connectivity index (χ1v) is 6.69. The highest BCUT2D eigenvalue weighted by atomic mass is 35.5. The molecule has 0 aliphatic heterocycles. The van der Waals surface area contributed by atoms with Gasteiger partial charge in [-0.1, -0.05) is 29.8 Å². The zero-order valence-corrected chi connectivity index (χ0v) is 12.2. The Hall–Kier alpha value is -2.47. The third-order valence-corrected chi connectivity index (χ3v) is 3.03. The maximum atomic E-state index is 12.3. The van der Waals surface area contributed by atoms with Crippen molar-refractivity contribution in [3.05, 3.63) is 59.1 Å². The summed E-state index contributed by atoms with van der Waals surface area (Å²) in [4.78, 5) is 10.6. The van der Waals surface area contributed by atoms with Crippen LogP contribution >= 0.6 is 11.6 Å². The molecule has 1 N–H and O–H groups in total. The first kappa shape index (κ1) is 16.9. The van der Waals surface area contributed by atoms with Crippen LogP contribution in [0, 0.1) is 0 Å². The van der Waals surface area contributed by atoms with Crippen LogP contribution in [0.4, 0.5) is 13.2 Å². The molecule has 0 aromatic heterocycles. The fraction of sp³-hybridized carbons (Fsp3) is 0.0625. The van der Waals surface area contributed by atoms with Crippen LogP contribution in [0.25, 0.3) is 17.2 Å². The molecule has 23 heavy (non-hydrogen) atoms. The van der Waals surface area contributed by atoms with Gasteiger partial charge < -0.3 is 9.84 Å². The standard InChI is InChI=1S/C16H10ClF3O3/c17-12-6-4-10(5-7-15(21)22)14(9-12)11-2-1-3-13(8-11)23-16(18,19)20/h1-9H,(H,21,22)/b7-5+. The maximum Gasteiger partial charge on any atom is 0.573 e. The van der Waals surface area contributed by atoms with Gasteiger partial charge in [-0.3, -0.25) is 0 Å². The molecular weight excluding hydrogens is 333 g/mol. The number of hydrogen-bond acceptors (Lipinski definition) is 2. The Bertz CT molecular complexity index is 754. The molecule has 0 saturated carbocycles. The van der Waals surface area contributed by atoms with Gasteiger partial charge in [-0.2, -0.15) is 0 Å². The van der Waals surface area contributed by atoms with Gasteiger partial charge in [0.1, 0.15) is 5.75 Å². The van der Waals surface area contributed by atoms with Gasteiger partial charge in [0, 0.05) is 11.1 Å². The van der Waals surface area contributed by atoms with Gasteiger partial charge >= 0.3 is 12.3 Å². The average Bonchev–Trinajstić information content (AvgIpc) is 2.44. The average molecular weight is 343 g/mol. The summed E-state index contributed by atoms with van der Waals surface area (Å²) in [6.45, 7) is 0. The Kier molecular flexibility index (Phi) is 4.95. The molecule has 3 nitrogen and oxygen atoms in total. The molecule has 0 aliphatic carbocycles. The number of carbonyl (C=O) groups is 1. The minimum atomic E-state index is -4.79. The van der Waals surface area contributed by atoms with Crippen molar-refractivity contribution >= 4 is 23.6 Å². The molecule has 0 atom stereocenters. The monoisotopic (exact) mass is 342 g/mol. The van der Waals surface area contributed by atoms with E-state index in [-0.39, 0.29) is 5.75 Å². The first-order chi connectivity index (χ1) is 10.7. The van der Waals surface area contributed by atoms with Crippen LogP contribution in [0.5, 0.6) is 5.75 Å². The molecule has 2 aromatic rings. The highest BCUT2D eigenvalue weighted by Gasteiger charge is 2.31. The quantitative estimate of drug-likeness (QED) is 0.795. The normalized spacial score (nSPS) is 11.7. The number of aliphatic carboxylic acids is 1. The Morgan fingerprint density at radius 3 is 2.57 bits per heavy atom. The predicted molar refractivity (Wildman–Crippen MR) is 80.2 cm³/mol. The number of ether oxygens (including phenoxy) is 1. The van der Waals surface area contributed by atoms with E-state index in [9.17, 15) is 18.0 Å². The lowest BCUT2D eigenvalue weighted by molar-refractivity contribution is -0.274. The largest absolute Gasteiger partial charge is 0.573 e. The van der Waals surface area contributed by atoms with Crippen LogP contribution in [0.2, 0.25) is 5.02 Å². The lowest BCUT2D eigenvalue weighted by Crippen LogP contribution is -2.17. The van der Waals surface area contributed by atoms with Crippen molar-refractivity contribution in [2.75, 3.05) is 0 Å². The molecule has 120 valence electrons. The van der Waals surface area contributed by atoms with Crippen LogP contribution in [-0.4, -0.2) is 17.4 Å².